The number of hydrogen-bond acceptors (Lipinski definition) is 3. The highest BCUT2D eigenvalue weighted by Gasteiger charge is 2.12. The van der Waals surface area contributed by atoms with Gasteiger partial charge in [0.2, 0.25) is 0 Å². The van der Waals surface area contributed by atoms with Gasteiger partial charge in [-0.05, 0) is 51.8 Å². The molecule has 3 heteroatoms. The summed E-state index contributed by atoms with van der Waals surface area (Å²) in [6, 6.07) is 3.97. The van der Waals surface area contributed by atoms with E-state index < -0.39 is 0 Å². The molecule has 3 nitrogen and oxygen atoms in total. The van der Waals surface area contributed by atoms with Gasteiger partial charge in [0, 0.05) is 17.8 Å². The van der Waals surface area contributed by atoms with Crippen LogP contribution in [0.25, 0.3) is 0 Å². The van der Waals surface area contributed by atoms with Crippen LogP contribution in [0.1, 0.15) is 45.5 Å². The minimum Gasteiger partial charge on any atom is -0.487 e. The fourth-order valence-electron chi connectivity index (χ4n) is 1.49. The third kappa shape index (κ3) is 5.88. The number of ether oxygens (including phenoxy) is 1. The van der Waals surface area contributed by atoms with Gasteiger partial charge in [-0.15, -0.1) is 0 Å². The highest BCUT2D eigenvalue weighted by molar-refractivity contribution is 5.29. The molecule has 19 heavy (non-hydrogen) atoms. The Labute approximate surface area is 117 Å². The van der Waals surface area contributed by atoms with Gasteiger partial charge in [-0.3, -0.25) is 4.98 Å². The van der Waals surface area contributed by atoms with E-state index in [0.29, 0.717) is 13.2 Å². The van der Waals surface area contributed by atoms with Gasteiger partial charge in [-0.2, -0.15) is 0 Å². The van der Waals surface area contributed by atoms with Crippen LogP contribution in [0.15, 0.2) is 24.3 Å². The summed E-state index contributed by atoms with van der Waals surface area (Å²) < 4.78 is 5.81. The molecule has 1 rings (SSSR count). The number of nitrogens with zero attached hydrogens (tertiary/aromatic N) is 1. The maximum atomic E-state index is 5.81. The largest absolute Gasteiger partial charge is 0.487 e. The van der Waals surface area contributed by atoms with Crippen molar-refractivity contribution >= 4 is 0 Å². The van der Waals surface area contributed by atoms with Gasteiger partial charge < -0.3 is 10.1 Å². The number of rotatable bonds is 6. The van der Waals surface area contributed by atoms with Crippen molar-refractivity contribution in [2.45, 2.75) is 53.1 Å². The summed E-state index contributed by atoms with van der Waals surface area (Å²) in [5.41, 5.74) is 3.12. The lowest BCUT2D eigenvalue weighted by Gasteiger charge is -2.21. The number of aromatic nitrogens is 1. The topological polar surface area (TPSA) is 34.1 Å². The molecule has 0 aliphatic rings. The van der Waals surface area contributed by atoms with Crippen molar-refractivity contribution in [3.63, 3.8) is 0 Å². The first-order valence-electron chi connectivity index (χ1n) is 6.83. The van der Waals surface area contributed by atoms with Crippen molar-refractivity contribution in [1.82, 2.24) is 10.3 Å². The third-order valence-electron chi connectivity index (χ3n) is 2.79. The summed E-state index contributed by atoms with van der Waals surface area (Å²) in [5, 5.41) is 3.44. The van der Waals surface area contributed by atoms with Crippen molar-refractivity contribution in [2.24, 2.45) is 0 Å². The van der Waals surface area contributed by atoms with Gasteiger partial charge in [0.25, 0.3) is 0 Å². The van der Waals surface area contributed by atoms with Crippen molar-refractivity contribution in [2.75, 3.05) is 6.61 Å². The summed E-state index contributed by atoms with van der Waals surface area (Å²) >= 11 is 0. The predicted molar refractivity (Wildman–Crippen MR) is 80.5 cm³/mol. The molecule has 0 radical (unpaired) electrons. The maximum absolute atomic E-state index is 5.81. The van der Waals surface area contributed by atoms with E-state index in [4.69, 9.17) is 4.74 Å². The minimum absolute atomic E-state index is 0.0652. The summed E-state index contributed by atoms with van der Waals surface area (Å²) in [6.45, 7) is 15.7. The minimum atomic E-state index is 0.0652. The molecule has 0 aliphatic heterocycles. The number of nitrogens with one attached hydrogen (secondary N) is 1. The normalized spacial score (nSPS) is 11.4. The van der Waals surface area contributed by atoms with Gasteiger partial charge in [-0.25, -0.2) is 0 Å². The zero-order chi connectivity index (χ0) is 14.5. The highest BCUT2D eigenvalue weighted by atomic mass is 16.5. The summed E-state index contributed by atoms with van der Waals surface area (Å²) in [6.07, 6.45) is 0.939. The monoisotopic (exact) mass is 262 g/mol. The van der Waals surface area contributed by atoms with Gasteiger partial charge in [0.1, 0.15) is 12.4 Å². The lowest BCUT2D eigenvalue weighted by Crippen LogP contribution is -2.35. The molecule has 0 saturated carbocycles. The highest BCUT2D eigenvalue weighted by Crippen LogP contribution is 2.18. The lowest BCUT2D eigenvalue weighted by atomic mass is 10.1. The Morgan fingerprint density at radius 2 is 2.05 bits per heavy atom. The average molecular weight is 262 g/mol. The first-order chi connectivity index (χ1) is 8.81. The van der Waals surface area contributed by atoms with Crippen molar-refractivity contribution in [3.05, 3.63) is 35.7 Å². The molecule has 1 N–H and O–H groups in total. The molecule has 1 heterocycles. The second-order valence-corrected chi connectivity index (χ2v) is 5.89. The van der Waals surface area contributed by atoms with Crippen LogP contribution in [0.2, 0.25) is 0 Å². The van der Waals surface area contributed by atoms with E-state index in [1.54, 1.807) is 0 Å². The molecular formula is C16H26N2O. The van der Waals surface area contributed by atoms with Crippen LogP contribution >= 0.6 is 0 Å². The van der Waals surface area contributed by atoms with Gasteiger partial charge in [0.15, 0.2) is 0 Å². The predicted octanol–water partition coefficient (Wildman–Crippen LogP) is 3.62. The molecule has 0 amide bonds. The molecule has 0 bridgehead atoms. The Morgan fingerprint density at radius 1 is 1.37 bits per heavy atom. The molecule has 0 atom stereocenters. The SMILES string of the molecule is C=C(CC)COc1ccc(C)nc1CNC(C)(C)C. The Hall–Kier alpha value is -1.35. The molecular weight excluding hydrogens is 236 g/mol. The van der Waals surface area contributed by atoms with Crippen LogP contribution in [0.4, 0.5) is 0 Å². The summed E-state index contributed by atoms with van der Waals surface area (Å²) in [7, 11) is 0. The van der Waals surface area contributed by atoms with Crippen molar-refractivity contribution < 1.29 is 4.74 Å². The van der Waals surface area contributed by atoms with E-state index in [9.17, 15) is 0 Å². The fourth-order valence-corrected chi connectivity index (χ4v) is 1.49. The van der Waals surface area contributed by atoms with Gasteiger partial charge in [0.05, 0.1) is 5.69 Å². The molecule has 1 aromatic heterocycles. The zero-order valence-electron chi connectivity index (χ0n) is 12.8. The van der Waals surface area contributed by atoms with E-state index in [1.165, 1.54) is 0 Å². The first-order valence-corrected chi connectivity index (χ1v) is 6.83. The van der Waals surface area contributed by atoms with E-state index in [-0.39, 0.29) is 5.54 Å². The number of hydrogen-bond donors (Lipinski definition) is 1. The second-order valence-electron chi connectivity index (χ2n) is 5.89. The molecule has 0 aromatic carbocycles. The molecule has 0 spiro atoms. The van der Waals surface area contributed by atoms with Crippen molar-refractivity contribution in [1.29, 1.82) is 0 Å². The van der Waals surface area contributed by atoms with Gasteiger partial charge >= 0.3 is 0 Å². The Bertz CT molecular complexity index is 433. The summed E-state index contributed by atoms with van der Waals surface area (Å²) in [4.78, 5) is 4.56. The maximum Gasteiger partial charge on any atom is 0.142 e. The van der Waals surface area contributed by atoms with Gasteiger partial charge in [-0.1, -0.05) is 13.5 Å². The van der Waals surface area contributed by atoms with Crippen molar-refractivity contribution in [3.8, 4) is 5.75 Å². The third-order valence-corrected chi connectivity index (χ3v) is 2.79. The smallest absolute Gasteiger partial charge is 0.142 e. The first kappa shape index (κ1) is 15.7. The van der Waals surface area contributed by atoms with Crippen LogP contribution in [0, 0.1) is 6.92 Å². The molecule has 0 fully saturated rings. The lowest BCUT2D eigenvalue weighted by molar-refractivity contribution is 0.337. The molecule has 0 unspecified atom stereocenters. The van der Waals surface area contributed by atoms with Crippen LogP contribution < -0.4 is 10.1 Å². The van der Waals surface area contributed by atoms with Crippen LogP contribution in [0.3, 0.4) is 0 Å². The Kier molecular flexibility index (Phi) is 5.55. The standard InChI is InChI=1S/C16H26N2O/c1-7-12(2)11-19-15-9-8-13(3)18-14(15)10-17-16(4,5)6/h8-9,17H,2,7,10-11H2,1,3-6H3. The zero-order valence-corrected chi connectivity index (χ0v) is 12.8. The molecule has 106 valence electrons. The van der Waals surface area contributed by atoms with Crippen LogP contribution in [-0.4, -0.2) is 17.1 Å². The average Bonchev–Trinajstić information content (AvgIpc) is 2.33. The quantitative estimate of drug-likeness (QED) is 0.795. The van der Waals surface area contributed by atoms with E-state index in [0.717, 1.165) is 29.1 Å². The molecule has 0 saturated heterocycles. The van der Waals surface area contributed by atoms with Crippen LogP contribution in [-0.2, 0) is 6.54 Å². The number of aryl methyl sites for hydroxylation is 1. The fraction of sp³-hybridized carbons (Fsp3) is 0.562. The molecule has 1 aromatic rings. The second kappa shape index (κ2) is 6.71. The number of pyridine rings is 1. The molecule has 0 aliphatic carbocycles. The Morgan fingerprint density at radius 3 is 2.63 bits per heavy atom. The van der Waals surface area contributed by atoms with Crippen LogP contribution in [0.5, 0.6) is 5.75 Å². The van der Waals surface area contributed by atoms with E-state index in [1.807, 2.05) is 19.1 Å². The van der Waals surface area contributed by atoms with E-state index >= 15 is 0 Å². The van der Waals surface area contributed by atoms with E-state index in [2.05, 4.69) is 44.6 Å². The summed E-state index contributed by atoms with van der Waals surface area (Å²) in [5.74, 6) is 0.844. The Balaban J connectivity index is 2.76.